The molecule has 0 aliphatic rings. The van der Waals surface area contributed by atoms with Crippen molar-refractivity contribution in [2.75, 3.05) is 27.4 Å². The molecule has 0 saturated carbocycles. The second kappa shape index (κ2) is 17.4. The highest BCUT2D eigenvalue weighted by molar-refractivity contribution is 5.95. The van der Waals surface area contributed by atoms with Crippen molar-refractivity contribution >= 4 is 5.91 Å². The fourth-order valence-corrected chi connectivity index (χ4v) is 2.60. The molecule has 0 aromatic heterocycles. The van der Waals surface area contributed by atoms with Crippen LogP contribution in [0.3, 0.4) is 0 Å². The van der Waals surface area contributed by atoms with E-state index in [1.54, 1.807) is 32.4 Å². The minimum Gasteiger partial charge on any atom is -0.493 e. The van der Waals surface area contributed by atoms with Gasteiger partial charge in [-0.05, 0) is 45.4 Å². The summed E-state index contributed by atoms with van der Waals surface area (Å²) in [5, 5.41) is 0. The molecule has 0 fully saturated rings. The molecule has 0 radical (unpaired) electrons. The highest BCUT2D eigenvalue weighted by Crippen LogP contribution is 2.29. The van der Waals surface area contributed by atoms with Gasteiger partial charge in [-0.15, -0.1) is 0 Å². The molecule has 0 aliphatic heterocycles. The first kappa shape index (κ1) is 28.5. The molecule has 28 heavy (non-hydrogen) atoms. The van der Waals surface area contributed by atoms with Crippen LogP contribution in [-0.2, 0) is 4.74 Å². The number of hydrogen-bond acceptors (Lipinski definition) is 4. The monoisotopic (exact) mass is 397 g/mol. The third-order valence-electron chi connectivity index (χ3n) is 4.02. The standard InChI is InChI=1S/C19H31NO4.2C2H6/c1-7-15(4)20(14(2)3)19(21)16-9-10-17(23-6)18(13-16)24-12-8-11-22-5;2*1-2/h9-10,13-15H,7-8,11-12H2,1-6H3;2*1-2H3/t15-;;/m1../s1. The van der Waals surface area contributed by atoms with E-state index in [-0.39, 0.29) is 18.0 Å². The lowest BCUT2D eigenvalue weighted by molar-refractivity contribution is 0.0621. The molecule has 0 N–H and O–H groups in total. The Kier molecular flexibility index (Phi) is 17.6. The van der Waals surface area contributed by atoms with Gasteiger partial charge in [0, 0.05) is 37.8 Å². The zero-order valence-electron chi connectivity index (χ0n) is 19.8. The van der Waals surface area contributed by atoms with Gasteiger partial charge in [-0.1, -0.05) is 34.6 Å². The Morgan fingerprint density at radius 2 is 1.61 bits per heavy atom. The lowest BCUT2D eigenvalue weighted by Crippen LogP contribution is -2.43. The van der Waals surface area contributed by atoms with Crippen LogP contribution in [0.5, 0.6) is 11.5 Å². The van der Waals surface area contributed by atoms with Gasteiger partial charge in [-0.3, -0.25) is 4.79 Å². The van der Waals surface area contributed by atoms with Crippen molar-refractivity contribution in [3.63, 3.8) is 0 Å². The lowest BCUT2D eigenvalue weighted by atomic mass is 10.1. The van der Waals surface area contributed by atoms with Gasteiger partial charge in [0.2, 0.25) is 0 Å². The summed E-state index contributed by atoms with van der Waals surface area (Å²) in [6, 6.07) is 5.67. The molecule has 0 bridgehead atoms. The Balaban J connectivity index is 0. The van der Waals surface area contributed by atoms with Gasteiger partial charge < -0.3 is 19.1 Å². The number of amides is 1. The topological polar surface area (TPSA) is 48.0 Å². The van der Waals surface area contributed by atoms with E-state index in [0.29, 0.717) is 30.3 Å². The lowest BCUT2D eigenvalue weighted by Gasteiger charge is -2.32. The summed E-state index contributed by atoms with van der Waals surface area (Å²) in [5.41, 5.74) is 0.617. The van der Waals surface area contributed by atoms with E-state index in [9.17, 15) is 4.79 Å². The van der Waals surface area contributed by atoms with Crippen LogP contribution in [0, 0.1) is 0 Å². The first-order valence-corrected chi connectivity index (χ1v) is 10.6. The SMILES string of the molecule is CC.CC.CC[C@@H](C)N(C(=O)c1ccc(OC)c(OCCCOC)c1)C(C)C. The number of ether oxygens (including phenoxy) is 3. The van der Waals surface area contributed by atoms with Gasteiger partial charge in [-0.2, -0.15) is 0 Å². The van der Waals surface area contributed by atoms with Crippen molar-refractivity contribution in [2.45, 2.75) is 80.3 Å². The summed E-state index contributed by atoms with van der Waals surface area (Å²) in [4.78, 5) is 14.8. The second-order valence-electron chi connectivity index (χ2n) is 6.12. The number of carbonyl (C=O) groups excluding carboxylic acids is 1. The predicted octanol–water partition coefficient (Wildman–Crippen LogP) is 5.81. The maximum absolute atomic E-state index is 12.9. The summed E-state index contributed by atoms with van der Waals surface area (Å²) in [5.74, 6) is 1.24. The van der Waals surface area contributed by atoms with E-state index >= 15 is 0 Å². The van der Waals surface area contributed by atoms with Gasteiger partial charge in [0.05, 0.1) is 13.7 Å². The van der Waals surface area contributed by atoms with Crippen molar-refractivity contribution < 1.29 is 19.0 Å². The van der Waals surface area contributed by atoms with Crippen LogP contribution >= 0.6 is 0 Å². The molecule has 1 amide bonds. The summed E-state index contributed by atoms with van der Waals surface area (Å²) in [6.07, 6.45) is 1.70. The van der Waals surface area contributed by atoms with Crippen LogP contribution in [0.15, 0.2) is 18.2 Å². The Hall–Kier alpha value is -1.75. The van der Waals surface area contributed by atoms with Crippen molar-refractivity contribution in [1.82, 2.24) is 4.90 Å². The number of hydrogen-bond donors (Lipinski definition) is 0. The molecule has 0 spiro atoms. The fraction of sp³-hybridized carbons (Fsp3) is 0.696. The van der Waals surface area contributed by atoms with E-state index in [2.05, 4.69) is 13.8 Å². The van der Waals surface area contributed by atoms with Crippen molar-refractivity contribution in [1.29, 1.82) is 0 Å². The normalized spacial score (nSPS) is 10.8. The van der Waals surface area contributed by atoms with E-state index in [1.165, 1.54) is 0 Å². The third-order valence-corrected chi connectivity index (χ3v) is 4.02. The minimum absolute atomic E-state index is 0.0174. The number of carbonyl (C=O) groups is 1. The minimum atomic E-state index is 0.0174. The maximum atomic E-state index is 12.9. The molecule has 0 heterocycles. The van der Waals surface area contributed by atoms with E-state index in [1.807, 2.05) is 46.4 Å². The largest absolute Gasteiger partial charge is 0.493 e. The summed E-state index contributed by atoms with van der Waals surface area (Å²) < 4.78 is 16.1. The molecule has 0 unspecified atom stereocenters. The van der Waals surface area contributed by atoms with Gasteiger partial charge in [0.25, 0.3) is 5.91 Å². The van der Waals surface area contributed by atoms with Gasteiger partial charge in [0.15, 0.2) is 11.5 Å². The molecule has 1 atom stereocenters. The van der Waals surface area contributed by atoms with Crippen LogP contribution in [0.4, 0.5) is 0 Å². The van der Waals surface area contributed by atoms with Crippen molar-refractivity contribution in [3.8, 4) is 11.5 Å². The average molecular weight is 398 g/mol. The zero-order valence-corrected chi connectivity index (χ0v) is 19.8. The van der Waals surface area contributed by atoms with Crippen LogP contribution in [0.1, 0.15) is 78.6 Å². The second-order valence-corrected chi connectivity index (χ2v) is 6.12. The van der Waals surface area contributed by atoms with Crippen LogP contribution in [-0.4, -0.2) is 50.3 Å². The van der Waals surface area contributed by atoms with Gasteiger partial charge in [0.1, 0.15) is 0 Å². The summed E-state index contributed by atoms with van der Waals surface area (Å²) in [7, 11) is 3.26. The molecule has 1 aromatic rings. The Morgan fingerprint density at radius 3 is 2.07 bits per heavy atom. The van der Waals surface area contributed by atoms with E-state index < -0.39 is 0 Å². The molecule has 5 heteroatoms. The number of methoxy groups -OCH3 is 2. The molecule has 0 aliphatic carbocycles. The van der Waals surface area contributed by atoms with E-state index in [4.69, 9.17) is 14.2 Å². The molecule has 1 rings (SSSR count). The van der Waals surface area contributed by atoms with Crippen molar-refractivity contribution in [2.24, 2.45) is 0 Å². The maximum Gasteiger partial charge on any atom is 0.254 e. The smallest absolute Gasteiger partial charge is 0.254 e. The predicted molar refractivity (Wildman–Crippen MR) is 119 cm³/mol. The van der Waals surface area contributed by atoms with E-state index in [0.717, 1.165) is 12.8 Å². The Morgan fingerprint density at radius 1 is 1.00 bits per heavy atom. The number of rotatable bonds is 10. The number of benzene rings is 1. The summed E-state index contributed by atoms with van der Waals surface area (Å²) in [6.45, 7) is 17.4. The highest BCUT2D eigenvalue weighted by atomic mass is 16.5. The highest BCUT2D eigenvalue weighted by Gasteiger charge is 2.24. The molecule has 164 valence electrons. The van der Waals surface area contributed by atoms with Crippen LogP contribution < -0.4 is 9.47 Å². The molecule has 1 aromatic carbocycles. The van der Waals surface area contributed by atoms with Crippen LogP contribution in [0.25, 0.3) is 0 Å². The molecule has 5 nitrogen and oxygen atoms in total. The van der Waals surface area contributed by atoms with Gasteiger partial charge >= 0.3 is 0 Å². The zero-order chi connectivity index (χ0) is 22.1. The molecular weight excluding hydrogens is 354 g/mol. The average Bonchev–Trinajstić information content (AvgIpc) is 2.73. The van der Waals surface area contributed by atoms with Gasteiger partial charge in [-0.25, -0.2) is 0 Å². The fourth-order valence-electron chi connectivity index (χ4n) is 2.60. The quantitative estimate of drug-likeness (QED) is 0.467. The van der Waals surface area contributed by atoms with Crippen molar-refractivity contribution in [3.05, 3.63) is 23.8 Å². The molecule has 0 saturated heterocycles. The number of nitrogens with zero attached hydrogens (tertiary/aromatic N) is 1. The first-order valence-electron chi connectivity index (χ1n) is 10.6. The Bertz CT molecular complexity index is 517. The summed E-state index contributed by atoms with van der Waals surface area (Å²) >= 11 is 0. The van der Waals surface area contributed by atoms with Crippen LogP contribution in [0.2, 0.25) is 0 Å². The Labute approximate surface area is 173 Å². The first-order chi connectivity index (χ1) is 13.5. The molecular formula is C23H43NO4. The third kappa shape index (κ3) is 9.45.